The maximum absolute atomic E-state index is 13.6. The number of anilines is 1. The Morgan fingerprint density at radius 2 is 2.06 bits per heavy atom. The summed E-state index contributed by atoms with van der Waals surface area (Å²) in [5.74, 6) is 0.302. The van der Waals surface area contributed by atoms with Crippen LogP contribution in [-0.4, -0.2) is 41.2 Å². The van der Waals surface area contributed by atoms with Gasteiger partial charge in [-0.1, -0.05) is 0 Å². The number of ether oxygens (including phenoxy) is 1. The van der Waals surface area contributed by atoms with E-state index < -0.39 is 5.60 Å². The van der Waals surface area contributed by atoms with Gasteiger partial charge in [-0.3, -0.25) is 9.69 Å². The van der Waals surface area contributed by atoms with E-state index in [-0.39, 0.29) is 18.3 Å². The summed E-state index contributed by atoms with van der Waals surface area (Å²) >= 11 is 1.74. The van der Waals surface area contributed by atoms with Crippen molar-refractivity contribution >= 4 is 34.1 Å². The molecule has 0 radical (unpaired) electrons. The van der Waals surface area contributed by atoms with Crippen molar-refractivity contribution in [1.82, 2.24) is 4.90 Å². The van der Waals surface area contributed by atoms with Crippen molar-refractivity contribution in [3.63, 3.8) is 0 Å². The zero-order valence-electron chi connectivity index (χ0n) is 18.3. The topological polar surface area (TPSA) is 61.8 Å². The Labute approximate surface area is 191 Å². The molecule has 3 aliphatic rings. The third-order valence-electron chi connectivity index (χ3n) is 6.57. The van der Waals surface area contributed by atoms with Crippen LogP contribution >= 0.6 is 11.3 Å². The quantitative estimate of drug-likeness (QED) is 0.661. The highest BCUT2D eigenvalue weighted by atomic mass is 32.1. The molecule has 4 heterocycles. The molecule has 5 nitrogen and oxygen atoms in total. The van der Waals surface area contributed by atoms with Crippen LogP contribution in [0, 0.1) is 11.7 Å². The predicted octanol–water partition coefficient (Wildman–Crippen LogP) is 4.65. The third kappa shape index (κ3) is 3.89. The molecule has 3 aliphatic heterocycles. The Balaban J connectivity index is 1.41. The fraction of sp³-hybridized carbons (Fsp3) is 0.400. The number of thiophene rings is 1. The first-order chi connectivity index (χ1) is 15.3. The number of carbonyl (C=O) groups excluding carboxylic acids is 1. The maximum atomic E-state index is 13.6. The molecule has 0 unspecified atom stereocenters. The average molecular weight is 455 g/mol. The summed E-state index contributed by atoms with van der Waals surface area (Å²) in [7, 11) is 0. The van der Waals surface area contributed by atoms with Gasteiger partial charge in [0.05, 0.1) is 11.3 Å². The lowest BCUT2D eigenvalue weighted by atomic mass is 9.93. The number of nitrogens with one attached hydrogen (secondary N) is 1. The number of hydrogen-bond donors (Lipinski definition) is 2. The molecule has 32 heavy (non-hydrogen) atoms. The number of carbonyl (C=O) groups is 1. The molecule has 0 bridgehead atoms. The first kappa shape index (κ1) is 21.4. The van der Waals surface area contributed by atoms with Crippen LogP contribution in [0.5, 0.6) is 0 Å². The maximum Gasteiger partial charge on any atom is 0.260 e. The van der Waals surface area contributed by atoms with Crippen molar-refractivity contribution in [2.75, 3.05) is 25.0 Å². The Bertz CT molecular complexity index is 1130. The average Bonchev–Trinajstić information content (AvgIpc) is 3.42. The monoisotopic (exact) mass is 454 g/mol. The summed E-state index contributed by atoms with van der Waals surface area (Å²) in [6, 6.07) is 6.53. The summed E-state index contributed by atoms with van der Waals surface area (Å²) in [6.07, 6.45) is 4.04. The highest BCUT2D eigenvalue weighted by Gasteiger charge is 2.38. The fourth-order valence-corrected chi connectivity index (χ4v) is 5.69. The molecule has 168 valence electrons. The van der Waals surface area contributed by atoms with E-state index in [0.29, 0.717) is 28.5 Å². The first-order valence-corrected chi connectivity index (χ1v) is 11.9. The lowest BCUT2D eigenvalue weighted by molar-refractivity contribution is -0.111. The Kier molecular flexibility index (Phi) is 5.43. The lowest BCUT2D eigenvalue weighted by Crippen LogP contribution is -2.34. The molecule has 0 saturated carbocycles. The van der Waals surface area contributed by atoms with Gasteiger partial charge in [0.25, 0.3) is 5.91 Å². The number of aliphatic hydroxyl groups excluding tert-OH is 1. The van der Waals surface area contributed by atoms with E-state index in [1.54, 1.807) is 17.4 Å². The van der Waals surface area contributed by atoms with Crippen LogP contribution in [-0.2, 0) is 16.1 Å². The minimum Gasteiger partial charge on any atom is -0.482 e. The molecule has 0 aliphatic carbocycles. The van der Waals surface area contributed by atoms with Crippen molar-refractivity contribution in [3.8, 4) is 0 Å². The van der Waals surface area contributed by atoms with Crippen LogP contribution in [0.25, 0.3) is 11.1 Å². The van der Waals surface area contributed by atoms with Gasteiger partial charge in [-0.25, -0.2) is 4.39 Å². The van der Waals surface area contributed by atoms with E-state index in [0.717, 1.165) is 43.6 Å². The molecule has 0 atom stereocenters. The highest BCUT2D eigenvalue weighted by Crippen LogP contribution is 2.45. The molecule has 1 amide bonds. The van der Waals surface area contributed by atoms with Gasteiger partial charge in [0.15, 0.2) is 0 Å². The zero-order chi connectivity index (χ0) is 22.5. The van der Waals surface area contributed by atoms with Crippen LogP contribution < -0.4 is 5.32 Å². The number of hydrogen-bond acceptors (Lipinski definition) is 5. The van der Waals surface area contributed by atoms with Gasteiger partial charge in [-0.15, -0.1) is 11.3 Å². The molecule has 7 heteroatoms. The molecule has 1 saturated heterocycles. The number of fused-ring (bicyclic) bond motifs is 1. The number of aliphatic hydroxyl groups is 1. The van der Waals surface area contributed by atoms with E-state index in [1.807, 2.05) is 19.9 Å². The molecule has 2 N–H and O–H groups in total. The van der Waals surface area contributed by atoms with Gasteiger partial charge in [0, 0.05) is 29.2 Å². The minimum absolute atomic E-state index is 0.272. The smallest absolute Gasteiger partial charge is 0.260 e. The van der Waals surface area contributed by atoms with Gasteiger partial charge in [-0.05, 0) is 87.0 Å². The van der Waals surface area contributed by atoms with Crippen molar-refractivity contribution in [3.05, 3.63) is 63.3 Å². The number of amides is 1. The molecule has 0 spiro atoms. The SMILES string of the molecule is CC1(C)OC(=C2C(=O)Nc3cc(F)ccc32)C=C1c1csc(CN2CCC(CO)CC2)c1. The second kappa shape index (κ2) is 8.14. The molecular weight excluding hydrogens is 427 g/mol. The highest BCUT2D eigenvalue weighted by molar-refractivity contribution is 7.10. The molecular formula is C25H27FN2O3S. The summed E-state index contributed by atoms with van der Waals surface area (Å²) in [4.78, 5) is 16.4. The van der Waals surface area contributed by atoms with Gasteiger partial charge >= 0.3 is 0 Å². The number of benzene rings is 1. The predicted molar refractivity (Wildman–Crippen MR) is 124 cm³/mol. The van der Waals surface area contributed by atoms with Gasteiger partial charge < -0.3 is 15.2 Å². The van der Waals surface area contributed by atoms with Crippen LogP contribution in [0.1, 0.15) is 42.7 Å². The number of rotatable bonds is 4. The van der Waals surface area contributed by atoms with Crippen molar-refractivity contribution in [2.24, 2.45) is 5.92 Å². The first-order valence-electron chi connectivity index (χ1n) is 11.0. The van der Waals surface area contributed by atoms with E-state index in [4.69, 9.17) is 4.74 Å². The lowest BCUT2D eigenvalue weighted by Gasteiger charge is -2.30. The fourth-order valence-electron chi connectivity index (χ4n) is 4.76. The number of piperidine rings is 1. The summed E-state index contributed by atoms with van der Waals surface area (Å²) < 4.78 is 19.8. The Hall–Kier alpha value is -2.48. The molecule has 5 rings (SSSR count). The third-order valence-corrected chi connectivity index (χ3v) is 7.49. The van der Waals surface area contributed by atoms with Gasteiger partial charge in [0.1, 0.15) is 17.2 Å². The van der Waals surface area contributed by atoms with Gasteiger partial charge in [-0.2, -0.15) is 0 Å². The van der Waals surface area contributed by atoms with Crippen molar-refractivity contribution in [2.45, 2.75) is 38.8 Å². The summed E-state index contributed by atoms with van der Waals surface area (Å²) in [6.45, 7) is 7.23. The number of nitrogens with zero attached hydrogens (tertiary/aromatic N) is 1. The molecule has 2 aromatic rings. The van der Waals surface area contributed by atoms with E-state index in [9.17, 15) is 14.3 Å². The summed E-state index contributed by atoms with van der Waals surface area (Å²) in [5, 5.41) is 14.2. The number of allylic oxidation sites excluding steroid dienone is 1. The summed E-state index contributed by atoms with van der Waals surface area (Å²) in [5.41, 5.74) is 3.15. The number of halogens is 1. The van der Waals surface area contributed by atoms with Gasteiger partial charge in [0.2, 0.25) is 0 Å². The second-order valence-electron chi connectivity index (χ2n) is 9.26. The standard InChI is InChI=1S/C25H27FN2O3S/c1-25(2)20(16-9-18(32-14-16)12-28-7-5-15(13-29)6-8-28)11-22(31-25)23-19-4-3-17(26)10-21(19)27-24(23)30/h3-4,9-11,14-15,29H,5-8,12-13H2,1-2H3,(H,27,30). The largest absolute Gasteiger partial charge is 0.482 e. The van der Waals surface area contributed by atoms with Crippen LogP contribution in [0.15, 0.2) is 41.5 Å². The van der Waals surface area contributed by atoms with Crippen LogP contribution in [0.3, 0.4) is 0 Å². The molecule has 1 aromatic heterocycles. The zero-order valence-corrected chi connectivity index (χ0v) is 19.1. The molecule has 1 aromatic carbocycles. The van der Waals surface area contributed by atoms with E-state index >= 15 is 0 Å². The van der Waals surface area contributed by atoms with E-state index in [1.165, 1.54) is 17.0 Å². The second-order valence-corrected chi connectivity index (χ2v) is 10.3. The Morgan fingerprint density at radius 1 is 1.28 bits per heavy atom. The Morgan fingerprint density at radius 3 is 2.81 bits per heavy atom. The minimum atomic E-state index is -0.580. The van der Waals surface area contributed by atoms with Crippen molar-refractivity contribution < 1.29 is 19.0 Å². The van der Waals surface area contributed by atoms with E-state index in [2.05, 4.69) is 21.7 Å². The molecule has 1 fully saturated rings. The van der Waals surface area contributed by atoms with Crippen LogP contribution in [0.2, 0.25) is 0 Å². The number of likely N-dealkylation sites (tertiary alicyclic amines) is 1. The van der Waals surface area contributed by atoms with Crippen molar-refractivity contribution in [1.29, 1.82) is 0 Å². The normalized spacial score (nSPS) is 23.1. The van der Waals surface area contributed by atoms with Crippen LogP contribution in [0.4, 0.5) is 10.1 Å².